The van der Waals surface area contributed by atoms with E-state index in [1.165, 1.54) is 24.3 Å². The number of carbonyl (C=O) groups is 1. The molecule has 0 saturated carbocycles. The zero-order valence-corrected chi connectivity index (χ0v) is 10.6. The number of benzene rings is 1. The van der Waals surface area contributed by atoms with Gasteiger partial charge in [-0.2, -0.15) is 13.2 Å². The van der Waals surface area contributed by atoms with Crippen LogP contribution in [0.4, 0.5) is 13.2 Å². The van der Waals surface area contributed by atoms with Gasteiger partial charge in [-0.05, 0) is 29.8 Å². The molecule has 0 saturated heterocycles. The van der Waals surface area contributed by atoms with Crippen molar-refractivity contribution in [3.63, 3.8) is 0 Å². The van der Waals surface area contributed by atoms with Crippen LogP contribution >= 0.6 is 0 Å². The van der Waals surface area contributed by atoms with E-state index in [0.29, 0.717) is 0 Å². The molecule has 0 aliphatic rings. The third-order valence-corrected chi connectivity index (χ3v) is 2.81. The molecule has 2 N–H and O–H groups in total. The Morgan fingerprint density at radius 2 is 1.90 bits per heavy atom. The molecule has 0 aliphatic carbocycles. The Morgan fingerprint density at radius 1 is 1.19 bits per heavy atom. The molecule has 21 heavy (non-hydrogen) atoms. The van der Waals surface area contributed by atoms with Gasteiger partial charge in [0.15, 0.2) is 0 Å². The number of rotatable bonds is 3. The van der Waals surface area contributed by atoms with E-state index >= 15 is 0 Å². The molecule has 0 atom stereocenters. The lowest BCUT2D eigenvalue weighted by Gasteiger charge is -2.08. The lowest BCUT2D eigenvalue weighted by molar-refractivity contribution is -0.138. The zero-order chi connectivity index (χ0) is 15.6. The minimum Gasteiger partial charge on any atom is -0.481 e. The average molecular weight is 297 g/mol. The number of H-pyrrole nitrogens is 1. The van der Waals surface area contributed by atoms with Crippen LogP contribution in [-0.4, -0.2) is 16.1 Å². The normalized spacial score (nSPS) is 11.4. The summed E-state index contributed by atoms with van der Waals surface area (Å²) in [5.74, 6) is -1.11. The minimum atomic E-state index is -4.49. The van der Waals surface area contributed by atoms with Crippen molar-refractivity contribution in [2.24, 2.45) is 0 Å². The molecule has 0 bridgehead atoms. The van der Waals surface area contributed by atoms with Crippen LogP contribution in [-0.2, 0) is 17.4 Å². The van der Waals surface area contributed by atoms with Crippen LogP contribution in [0.5, 0.6) is 0 Å². The van der Waals surface area contributed by atoms with E-state index in [0.717, 1.165) is 12.1 Å². The highest BCUT2D eigenvalue weighted by Gasteiger charge is 2.30. The molecular weight excluding hydrogens is 287 g/mol. The third-order valence-electron chi connectivity index (χ3n) is 2.81. The fraction of sp³-hybridized carbons (Fsp3) is 0.143. The number of aliphatic carboxylic acids is 1. The van der Waals surface area contributed by atoms with Gasteiger partial charge in [0.2, 0.25) is 0 Å². The van der Waals surface area contributed by atoms with Crippen LogP contribution in [0.2, 0.25) is 0 Å². The Balaban J connectivity index is 2.43. The summed E-state index contributed by atoms with van der Waals surface area (Å²) in [6.45, 7) is 0. The fourth-order valence-electron chi connectivity index (χ4n) is 1.87. The Kier molecular flexibility index (Phi) is 3.84. The third kappa shape index (κ3) is 3.50. The summed E-state index contributed by atoms with van der Waals surface area (Å²) in [5, 5.41) is 8.62. The summed E-state index contributed by atoms with van der Waals surface area (Å²) in [6.07, 6.45) is -4.86. The summed E-state index contributed by atoms with van der Waals surface area (Å²) in [7, 11) is 0. The SMILES string of the molecule is O=C(O)Cc1ccc(-c2cccc(C(F)(F)F)c2)c(=O)[nH]1. The van der Waals surface area contributed by atoms with Crippen molar-refractivity contribution in [1.82, 2.24) is 4.98 Å². The largest absolute Gasteiger partial charge is 0.481 e. The molecule has 4 nitrogen and oxygen atoms in total. The van der Waals surface area contributed by atoms with Crippen molar-refractivity contribution < 1.29 is 23.1 Å². The van der Waals surface area contributed by atoms with Crippen LogP contribution in [0.1, 0.15) is 11.3 Å². The van der Waals surface area contributed by atoms with Gasteiger partial charge in [-0.25, -0.2) is 0 Å². The molecule has 7 heteroatoms. The molecular formula is C14H10F3NO3. The number of carboxylic acids is 1. The Bertz CT molecular complexity index is 735. The minimum absolute atomic E-state index is 0.0511. The number of aromatic nitrogens is 1. The second kappa shape index (κ2) is 5.43. The maximum absolute atomic E-state index is 12.6. The standard InChI is InChI=1S/C14H10F3NO3/c15-14(16,17)9-3-1-2-8(6-9)11-5-4-10(7-12(19)20)18-13(11)21/h1-6H,7H2,(H,18,21)(H,19,20). The van der Waals surface area contributed by atoms with E-state index in [9.17, 15) is 22.8 Å². The fourth-order valence-corrected chi connectivity index (χ4v) is 1.87. The van der Waals surface area contributed by atoms with Crippen molar-refractivity contribution in [2.75, 3.05) is 0 Å². The van der Waals surface area contributed by atoms with Crippen LogP contribution in [0.3, 0.4) is 0 Å². The topological polar surface area (TPSA) is 70.2 Å². The lowest BCUT2D eigenvalue weighted by Crippen LogP contribution is -2.14. The first-order valence-corrected chi connectivity index (χ1v) is 5.89. The smallest absolute Gasteiger partial charge is 0.416 e. The molecule has 1 aromatic heterocycles. The maximum Gasteiger partial charge on any atom is 0.416 e. The predicted octanol–water partition coefficient (Wildman–Crippen LogP) is 2.69. The van der Waals surface area contributed by atoms with E-state index in [1.807, 2.05) is 0 Å². The maximum atomic E-state index is 12.6. The molecule has 1 heterocycles. The Hall–Kier alpha value is -2.57. The Morgan fingerprint density at radius 3 is 2.48 bits per heavy atom. The van der Waals surface area contributed by atoms with Crippen LogP contribution in [0.25, 0.3) is 11.1 Å². The van der Waals surface area contributed by atoms with Gasteiger partial charge < -0.3 is 10.1 Å². The van der Waals surface area contributed by atoms with Crippen LogP contribution in [0.15, 0.2) is 41.2 Å². The molecule has 110 valence electrons. The second-order valence-electron chi connectivity index (χ2n) is 4.38. The molecule has 0 radical (unpaired) electrons. The van der Waals surface area contributed by atoms with Crippen molar-refractivity contribution in [3.8, 4) is 11.1 Å². The molecule has 2 rings (SSSR count). The Labute approximate surface area is 116 Å². The molecule has 0 spiro atoms. The molecule has 0 aliphatic heterocycles. The van der Waals surface area contributed by atoms with Gasteiger partial charge in [-0.1, -0.05) is 12.1 Å². The van der Waals surface area contributed by atoms with Crippen molar-refractivity contribution in [3.05, 3.63) is 58.0 Å². The summed E-state index contributed by atoms with van der Waals surface area (Å²) in [6, 6.07) is 7.06. The van der Waals surface area contributed by atoms with E-state index < -0.39 is 23.3 Å². The van der Waals surface area contributed by atoms with Gasteiger partial charge in [0.1, 0.15) is 0 Å². The molecule has 0 amide bonds. The van der Waals surface area contributed by atoms with E-state index in [-0.39, 0.29) is 23.2 Å². The second-order valence-corrected chi connectivity index (χ2v) is 4.38. The number of pyridine rings is 1. The van der Waals surface area contributed by atoms with Gasteiger partial charge in [0, 0.05) is 11.3 Å². The predicted molar refractivity (Wildman–Crippen MR) is 68.8 cm³/mol. The summed E-state index contributed by atoms with van der Waals surface area (Å²) in [4.78, 5) is 24.7. The van der Waals surface area contributed by atoms with Gasteiger partial charge >= 0.3 is 12.1 Å². The van der Waals surface area contributed by atoms with E-state index in [2.05, 4.69) is 4.98 Å². The highest BCUT2D eigenvalue weighted by Crippen LogP contribution is 2.31. The first kappa shape index (κ1) is 14.8. The van der Waals surface area contributed by atoms with Gasteiger partial charge in [-0.15, -0.1) is 0 Å². The zero-order valence-electron chi connectivity index (χ0n) is 10.6. The quantitative estimate of drug-likeness (QED) is 0.915. The number of halogens is 3. The molecule has 0 fully saturated rings. The highest BCUT2D eigenvalue weighted by molar-refractivity contribution is 5.70. The van der Waals surface area contributed by atoms with Crippen LogP contribution < -0.4 is 5.56 Å². The van der Waals surface area contributed by atoms with E-state index in [1.54, 1.807) is 0 Å². The molecule has 0 unspecified atom stereocenters. The molecule has 1 aromatic carbocycles. The van der Waals surface area contributed by atoms with Crippen molar-refractivity contribution in [1.29, 1.82) is 0 Å². The van der Waals surface area contributed by atoms with Gasteiger partial charge in [0.25, 0.3) is 5.56 Å². The average Bonchev–Trinajstić information content (AvgIpc) is 2.37. The lowest BCUT2D eigenvalue weighted by atomic mass is 10.0. The summed E-state index contributed by atoms with van der Waals surface area (Å²) < 4.78 is 37.9. The highest BCUT2D eigenvalue weighted by atomic mass is 19.4. The number of hydrogen-bond acceptors (Lipinski definition) is 2. The number of aromatic amines is 1. The van der Waals surface area contributed by atoms with Gasteiger partial charge in [0.05, 0.1) is 12.0 Å². The summed E-state index contributed by atoms with van der Waals surface area (Å²) >= 11 is 0. The van der Waals surface area contributed by atoms with Gasteiger partial charge in [-0.3, -0.25) is 9.59 Å². The van der Waals surface area contributed by atoms with Crippen molar-refractivity contribution >= 4 is 5.97 Å². The summed E-state index contributed by atoms with van der Waals surface area (Å²) in [5.41, 5.74) is -1.13. The van der Waals surface area contributed by atoms with Crippen LogP contribution in [0, 0.1) is 0 Å². The monoisotopic (exact) mass is 297 g/mol. The number of hydrogen-bond donors (Lipinski definition) is 2. The number of alkyl halides is 3. The first-order chi connectivity index (χ1) is 9.77. The van der Waals surface area contributed by atoms with Crippen molar-refractivity contribution in [2.45, 2.75) is 12.6 Å². The first-order valence-electron chi connectivity index (χ1n) is 5.89. The number of nitrogens with one attached hydrogen (secondary N) is 1. The molecule has 2 aromatic rings. The van der Waals surface area contributed by atoms with E-state index in [4.69, 9.17) is 5.11 Å². The number of carboxylic acid groups (broad SMARTS) is 1.